The van der Waals surface area contributed by atoms with Crippen LogP contribution in [0.15, 0.2) is 35.4 Å². The third kappa shape index (κ3) is 3.88. The quantitative estimate of drug-likeness (QED) is 0.867. The molecule has 2 aromatic rings. The van der Waals surface area contributed by atoms with E-state index in [1.54, 1.807) is 18.3 Å². The SMILES string of the molecule is Cc1cnc2c(S(=O)(=O)NC3CCCCC3CN)cccc2c1.Cl. The first-order chi connectivity index (χ1) is 11.0. The molecule has 0 aliphatic heterocycles. The molecule has 0 saturated heterocycles. The third-order valence-electron chi connectivity index (χ3n) is 4.62. The second-order valence-electron chi connectivity index (χ2n) is 6.35. The molecule has 1 aliphatic rings. The van der Waals surface area contributed by atoms with E-state index in [0.29, 0.717) is 12.1 Å². The van der Waals surface area contributed by atoms with Gasteiger partial charge in [-0.05, 0) is 49.9 Å². The summed E-state index contributed by atoms with van der Waals surface area (Å²) in [5, 5.41) is 0.840. The average Bonchev–Trinajstić information content (AvgIpc) is 2.54. The minimum atomic E-state index is -3.61. The second kappa shape index (κ2) is 7.78. The van der Waals surface area contributed by atoms with Crippen molar-refractivity contribution in [2.75, 3.05) is 6.54 Å². The lowest BCUT2D eigenvalue weighted by Gasteiger charge is -2.31. The van der Waals surface area contributed by atoms with Crippen molar-refractivity contribution in [1.29, 1.82) is 0 Å². The Balaban J connectivity index is 0.00000208. The van der Waals surface area contributed by atoms with Crippen LogP contribution in [-0.2, 0) is 10.0 Å². The molecule has 2 unspecified atom stereocenters. The van der Waals surface area contributed by atoms with Gasteiger partial charge in [-0.2, -0.15) is 0 Å². The molecule has 0 radical (unpaired) electrons. The maximum atomic E-state index is 12.9. The fourth-order valence-electron chi connectivity index (χ4n) is 3.37. The zero-order valence-corrected chi connectivity index (χ0v) is 15.4. The van der Waals surface area contributed by atoms with Crippen molar-refractivity contribution in [3.05, 3.63) is 36.0 Å². The van der Waals surface area contributed by atoms with E-state index >= 15 is 0 Å². The molecule has 3 rings (SSSR count). The van der Waals surface area contributed by atoms with Gasteiger partial charge in [-0.3, -0.25) is 4.98 Å². The van der Waals surface area contributed by atoms with Crippen LogP contribution in [0, 0.1) is 12.8 Å². The molecule has 1 heterocycles. The number of aromatic nitrogens is 1. The monoisotopic (exact) mass is 369 g/mol. The Morgan fingerprint density at radius 1 is 1.29 bits per heavy atom. The Hall–Kier alpha value is -1.21. The van der Waals surface area contributed by atoms with Crippen molar-refractivity contribution in [2.24, 2.45) is 11.7 Å². The molecule has 5 nitrogen and oxygen atoms in total. The molecule has 0 bridgehead atoms. The Morgan fingerprint density at radius 3 is 2.79 bits per heavy atom. The second-order valence-corrected chi connectivity index (χ2v) is 8.03. The van der Waals surface area contributed by atoms with Gasteiger partial charge in [0.05, 0.1) is 5.52 Å². The van der Waals surface area contributed by atoms with Gasteiger partial charge in [0, 0.05) is 17.6 Å². The molecule has 1 aromatic heterocycles. The Kier molecular flexibility index (Phi) is 6.20. The van der Waals surface area contributed by atoms with Gasteiger partial charge in [0.25, 0.3) is 0 Å². The molecular formula is C17H24ClN3O2S. The number of aryl methyl sites for hydroxylation is 1. The van der Waals surface area contributed by atoms with E-state index in [9.17, 15) is 8.42 Å². The number of nitrogens with one attached hydrogen (secondary N) is 1. The van der Waals surface area contributed by atoms with Gasteiger partial charge in [0.15, 0.2) is 0 Å². The predicted molar refractivity (Wildman–Crippen MR) is 98.8 cm³/mol. The van der Waals surface area contributed by atoms with Crippen LogP contribution in [0.3, 0.4) is 0 Å². The topological polar surface area (TPSA) is 85.1 Å². The smallest absolute Gasteiger partial charge is 0.242 e. The van der Waals surface area contributed by atoms with Crippen LogP contribution < -0.4 is 10.5 Å². The highest BCUT2D eigenvalue weighted by Crippen LogP contribution is 2.27. The van der Waals surface area contributed by atoms with Crippen molar-refractivity contribution in [2.45, 2.75) is 43.5 Å². The zero-order valence-electron chi connectivity index (χ0n) is 13.7. The summed E-state index contributed by atoms with van der Waals surface area (Å²) in [5.41, 5.74) is 7.34. The highest BCUT2D eigenvalue weighted by Gasteiger charge is 2.29. The van der Waals surface area contributed by atoms with E-state index < -0.39 is 10.0 Å². The van der Waals surface area contributed by atoms with Gasteiger partial charge in [0.1, 0.15) is 4.90 Å². The summed E-state index contributed by atoms with van der Waals surface area (Å²) in [5.74, 6) is 0.212. The maximum Gasteiger partial charge on any atom is 0.242 e. The summed E-state index contributed by atoms with van der Waals surface area (Å²) in [7, 11) is -3.61. The number of hydrogen-bond acceptors (Lipinski definition) is 4. The number of hydrogen-bond donors (Lipinski definition) is 2. The number of nitrogens with zero attached hydrogens (tertiary/aromatic N) is 1. The van der Waals surface area contributed by atoms with Crippen LogP contribution in [0.4, 0.5) is 0 Å². The molecule has 1 aliphatic carbocycles. The first kappa shape index (κ1) is 19.1. The summed E-state index contributed by atoms with van der Waals surface area (Å²) in [4.78, 5) is 4.58. The molecule has 3 N–H and O–H groups in total. The number of rotatable bonds is 4. The van der Waals surface area contributed by atoms with Crippen LogP contribution in [-0.4, -0.2) is 26.0 Å². The third-order valence-corrected chi connectivity index (χ3v) is 6.14. The maximum absolute atomic E-state index is 12.9. The average molecular weight is 370 g/mol. The first-order valence-electron chi connectivity index (χ1n) is 8.09. The molecular weight excluding hydrogens is 346 g/mol. The Morgan fingerprint density at radius 2 is 2.04 bits per heavy atom. The normalized spacial score (nSPS) is 21.4. The lowest BCUT2D eigenvalue weighted by Crippen LogP contribution is -2.44. The summed E-state index contributed by atoms with van der Waals surface area (Å²) in [6, 6.07) is 7.13. The molecule has 24 heavy (non-hydrogen) atoms. The van der Waals surface area contributed by atoms with Crippen LogP contribution in [0.2, 0.25) is 0 Å². The van der Waals surface area contributed by atoms with E-state index in [1.165, 1.54) is 0 Å². The molecule has 1 aromatic carbocycles. The van der Waals surface area contributed by atoms with E-state index in [0.717, 1.165) is 36.6 Å². The number of halogens is 1. The van der Waals surface area contributed by atoms with E-state index in [1.807, 2.05) is 19.1 Å². The van der Waals surface area contributed by atoms with Crippen molar-refractivity contribution >= 4 is 33.3 Å². The van der Waals surface area contributed by atoms with Crippen LogP contribution in [0.5, 0.6) is 0 Å². The highest BCUT2D eigenvalue weighted by atomic mass is 35.5. The van der Waals surface area contributed by atoms with Crippen molar-refractivity contribution < 1.29 is 8.42 Å². The number of sulfonamides is 1. The molecule has 1 saturated carbocycles. The predicted octanol–water partition coefficient (Wildman–Crippen LogP) is 2.76. The molecule has 2 atom stereocenters. The lowest BCUT2D eigenvalue weighted by atomic mass is 9.85. The van der Waals surface area contributed by atoms with Crippen molar-refractivity contribution in [3.63, 3.8) is 0 Å². The van der Waals surface area contributed by atoms with Gasteiger partial charge >= 0.3 is 0 Å². The summed E-state index contributed by atoms with van der Waals surface area (Å²) >= 11 is 0. The van der Waals surface area contributed by atoms with Gasteiger partial charge in [0.2, 0.25) is 10.0 Å². The van der Waals surface area contributed by atoms with Crippen LogP contribution in [0.1, 0.15) is 31.2 Å². The minimum Gasteiger partial charge on any atom is -0.330 e. The standard InChI is InChI=1S/C17H23N3O2S.ClH/c1-12-9-13-6-4-8-16(17(13)19-11-12)23(21,22)20-15-7-3-2-5-14(15)10-18;/h4,6,8-9,11,14-15,20H,2-3,5,7,10,18H2,1H3;1H. The van der Waals surface area contributed by atoms with Gasteiger partial charge in [-0.1, -0.05) is 25.0 Å². The molecule has 0 spiro atoms. The number of para-hydroxylation sites is 1. The fourth-order valence-corrected chi connectivity index (χ4v) is 4.89. The molecule has 132 valence electrons. The fraction of sp³-hybridized carbons (Fsp3) is 0.471. The van der Waals surface area contributed by atoms with Crippen molar-refractivity contribution in [3.8, 4) is 0 Å². The Bertz CT molecular complexity index is 811. The summed E-state index contributed by atoms with van der Waals surface area (Å²) < 4.78 is 28.6. The lowest BCUT2D eigenvalue weighted by molar-refractivity contribution is 0.296. The van der Waals surface area contributed by atoms with Crippen LogP contribution in [0.25, 0.3) is 10.9 Å². The van der Waals surface area contributed by atoms with Crippen LogP contribution >= 0.6 is 12.4 Å². The molecule has 7 heteroatoms. The zero-order chi connectivity index (χ0) is 16.4. The van der Waals surface area contributed by atoms with Gasteiger partial charge in [-0.25, -0.2) is 13.1 Å². The Labute approximate surface area is 149 Å². The number of fused-ring (bicyclic) bond motifs is 1. The number of benzene rings is 1. The summed E-state index contributed by atoms with van der Waals surface area (Å²) in [6.07, 6.45) is 5.69. The van der Waals surface area contributed by atoms with E-state index in [4.69, 9.17) is 5.73 Å². The number of nitrogens with two attached hydrogens (primary N) is 1. The first-order valence-corrected chi connectivity index (χ1v) is 9.57. The largest absolute Gasteiger partial charge is 0.330 e. The van der Waals surface area contributed by atoms with E-state index in [-0.39, 0.29) is 29.3 Å². The van der Waals surface area contributed by atoms with Gasteiger partial charge < -0.3 is 5.73 Å². The van der Waals surface area contributed by atoms with Gasteiger partial charge in [-0.15, -0.1) is 12.4 Å². The summed E-state index contributed by atoms with van der Waals surface area (Å²) in [6.45, 7) is 2.46. The highest BCUT2D eigenvalue weighted by molar-refractivity contribution is 7.89. The van der Waals surface area contributed by atoms with E-state index in [2.05, 4.69) is 9.71 Å². The van der Waals surface area contributed by atoms with Crippen molar-refractivity contribution in [1.82, 2.24) is 9.71 Å². The molecule has 0 amide bonds. The number of pyridine rings is 1. The molecule has 1 fully saturated rings. The minimum absolute atomic E-state index is 0.